The van der Waals surface area contributed by atoms with E-state index >= 15 is 0 Å². The molecule has 0 aliphatic heterocycles. The van der Waals surface area contributed by atoms with Crippen LogP contribution in [0.3, 0.4) is 0 Å². The Bertz CT molecular complexity index is 591. The number of sulfonamides is 1. The van der Waals surface area contributed by atoms with E-state index in [-0.39, 0.29) is 10.3 Å². The van der Waals surface area contributed by atoms with Gasteiger partial charge in [0.25, 0.3) is 0 Å². The van der Waals surface area contributed by atoms with Gasteiger partial charge in [0.05, 0.1) is 10.3 Å². The molecule has 1 aromatic heterocycles. The van der Waals surface area contributed by atoms with Crippen molar-refractivity contribution in [3.8, 4) is 0 Å². The largest absolute Gasteiger partial charge is 0.481 e. The molecule has 112 valence electrons. The number of carbonyl (C=O) groups is 1. The van der Waals surface area contributed by atoms with Crippen LogP contribution in [0.4, 0.5) is 0 Å². The second-order valence-corrected chi connectivity index (χ2v) is 8.64. The van der Waals surface area contributed by atoms with E-state index in [9.17, 15) is 13.2 Å². The maximum atomic E-state index is 12.2. The number of carboxylic acids is 1. The van der Waals surface area contributed by atoms with Crippen LogP contribution in [0.25, 0.3) is 0 Å². The summed E-state index contributed by atoms with van der Waals surface area (Å²) in [4.78, 5) is 11.0. The highest BCUT2D eigenvalue weighted by Crippen LogP contribution is 2.31. The molecule has 0 bridgehead atoms. The number of halogens is 1. The molecular weight excluding hydrogens is 322 g/mol. The predicted molar refractivity (Wildman–Crippen MR) is 77.8 cm³/mol. The predicted octanol–water partition coefficient (Wildman–Crippen LogP) is 2.63. The molecule has 8 heteroatoms. The fraction of sp³-hybridized carbons (Fsp3) is 0.583. The Labute approximate surface area is 127 Å². The highest BCUT2D eigenvalue weighted by molar-refractivity contribution is 7.91. The molecule has 5 nitrogen and oxygen atoms in total. The van der Waals surface area contributed by atoms with Crippen molar-refractivity contribution in [1.29, 1.82) is 0 Å². The summed E-state index contributed by atoms with van der Waals surface area (Å²) in [6.07, 6.45) is 2.33. The van der Waals surface area contributed by atoms with Gasteiger partial charge in [-0.1, -0.05) is 18.0 Å². The van der Waals surface area contributed by atoms with E-state index in [1.54, 1.807) is 6.92 Å². The third kappa shape index (κ3) is 3.52. The number of hydrogen-bond donors (Lipinski definition) is 2. The summed E-state index contributed by atoms with van der Waals surface area (Å²) in [5.41, 5.74) is 0.726. The lowest BCUT2D eigenvalue weighted by molar-refractivity contribution is -0.143. The first-order valence-electron chi connectivity index (χ1n) is 6.30. The molecule has 20 heavy (non-hydrogen) atoms. The molecule has 2 rings (SSSR count). The van der Waals surface area contributed by atoms with Crippen LogP contribution in [0.5, 0.6) is 0 Å². The first-order valence-corrected chi connectivity index (χ1v) is 8.98. The van der Waals surface area contributed by atoms with Crippen molar-refractivity contribution in [2.45, 2.75) is 42.9 Å². The second-order valence-electron chi connectivity index (χ2n) is 5.04. The van der Waals surface area contributed by atoms with E-state index in [0.717, 1.165) is 16.9 Å². The Morgan fingerprint density at radius 1 is 1.50 bits per heavy atom. The number of carboxylic acid groups (broad SMARTS) is 1. The number of aryl methyl sites for hydroxylation is 1. The van der Waals surface area contributed by atoms with Crippen LogP contribution in [0.15, 0.2) is 10.3 Å². The third-order valence-corrected chi connectivity index (χ3v) is 6.99. The quantitative estimate of drug-likeness (QED) is 0.884. The van der Waals surface area contributed by atoms with Crippen molar-refractivity contribution in [3.05, 3.63) is 16.0 Å². The van der Waals surface area contributed by atoms with Crippen molar-refractivity contribution >= 4 is 38.9 Å². The Morgan fingerprint density at radius 3 is 2.75 bits per heavy atom. The van der Waals surface area contributed by atoms with Crippen molar-refractivity contribution in [3.63, 3.8) is 0 Å². The van der Waals surface area contributed by atoms with Gasteiger partial charge in [0.15, 0.2) is 0 Å². The lowest BCUT2D eigenvalue weighted by Gasteiger charge is -2.26. The van der Waals surface area contributed by atoms with Crippen LogP contribution in [0, 0.1) is 12.8 Å². The standard InChI is InChI=1S/C12H16ClNO4S2/c1-7-5-10(19-11(7)13)20(17,18)14-9-4-2-3-8(6-9)12(15)16/h5,8-9,14H,2-4,6H2,1H3,(H,15,16). The van der Waals surface area contributed by atoms with Crippen molar-refractivity contribution < 1.29 is 18.3 Å². The van der Waals surface area contributed by atoms with E-state index < -0.39 is 21.9 Å². The number of thiophene rings is 1. The average Bonchev–Trinajstić information content (AvgIpc) is 2.70. The van der Waals surface area contributed by atoms with Gasteiger partial charge < -0.3 is 5.11 Å². The van der Waals surface area contributed by atoms with Crippen LogP contribution in [-0.2, 0) is 14.8 Å². The molecule has 2 N–H and O–H groups in total. The van der Waals surface area contributed by atoms with Gasteiger partial charge in [0.2, 0.25) is 10.0 Å². The first kappa shape index (κ1) is 15.8. The zero-order chi connectivity index (χ0) is 14.9. The van der Waals surface area contributed by atoms with Gasteiger partial charge in [-0.3, -0.25) is 4.79 Å². The number of rotatable bonds is 4. The van der Waals surface area contributed by atoms with E-state index in [2.05, 4.69) is 4.72 Å². The topological polar surface area (TPSA) is 83.5 Å². The van der Waals surface area contributed by atoms with Crippen LogP contribution in [0.1, 0.15) is 31.2 Å². The number of aliphatic carboxylic acids is 1. The van der Waals surface area contributed by atoms with Gasteiger partial charge >= 0.3 is 5.97 Å². The van der Waals surface area contributed by atoms with E-state index in [1.807, 2.05) is 0 Å². The average molecular weight is 338 g/mol. The molecular formula is C12H16ClNO4S2. The lowest BCUT2D eigenvalue weighted by Crippen LogP contribution is -2.39. The first-order chi connectivity index (χ1) is 9.29. The molecule has 0 saturated heterocycles. The highest BCUT2D eigenvalue weighted by Gasteiger charge is 2.30. The number of nitrogens with one attached hydrogen (secondary N) is 1. The third-order valence-electron chi connectivity index (χ3n) is 3.44. The summed E-state index contributed by atoms with van der Waals surface area (Å²) >= 11 is 6.91. The maximum Gasteiger partial charge on any atom is 0.306 e. The van der Waals surface area contributed by atoms with Crippen LogP contribution < -0.4 is 4.72 Å². The fourth-order valence-electron chi connectivity index (χ4n) is 2.36. The lowest BCUT2D eigenvalue weighted by atomic mass is 9.86. The van der Waals surface area contributed by atoms with Gasteiger partial charge in [0, 0.05) is 6.04 Å². The SMILES string of the molecule is Cc1cc(S(=O)(=O)NC2CCCC(C(=O)O)C2)sc1Cl. The minimum absolute atomic E-state index is 0.178. The van der Waals surface area contributed by atoms with Crippen molar-refractivity contribution in [2.75, 3.05) is 0 Å². The summed E-state index contributed by atoms with van der Waals surface area (Å²) in [7, 11) is -3.62. The minimum atomic E-state index is -3.62. The summed E-state index contributed by atoms with van der Waals surface area (Å²) in [5.74, 6) is -1.32. The molecule has 1 heterocycles. The van der Waals surface area contributed by atoms with Crippen LogP contribution in [0.2, 0.25) is 4.34 Å². The zero-order valence-corrected chi connectivity index (χ0v) is 13.3. The zero-order valence-electron chi connectivity index (χ0n) is 10.9. The van der Waals surface area contributed by atoms with Crippen molar-refractivity contribution in [2.24, 2.45) is 5.92 Å². The molecule has 2 atom stereocenters. The van der Waals surface area contributed by atoms with Crippen LogP contribution in [-0.4, -0.2) is 25.5 Å². The Kier molecular flexibility index (Phi) is 4.73. The summed E-state index contributed by atoms with van der Waals surface area (Å²) < 4.78 is 27.7. The Hall–Kier alpha value is -0.630. The molecule has 0 amide bonds. The highest BCUT2D eigenvalue weighted by atomic mass is 35.5. The summed E-state index contributed by atoms with van der Waals surface area (Å²) in [5, 5.41) is 9.02. The van der Waals surface area contributed by atoms with E-state index in [1.165, 1.54) is 6.07 Å². The van der Waals surface area contributed by atoms with E-state index in [0.29, 0.717) is 30.0 Å². The molecule has 1 aliphatic carbocycles. The molecule has 1 aliphatic rings. The van der Waals surface area contributed by atoms with Gasteiger partial charge in [-0.05, 0) is 37.8 Å². The monoisotopic (exact) mass is 337 g/mol. The minimum Gasteiger partial charge on any atom is -0.481 e. The number of hydrogen-bond acceptors (Lipinski definition) is 4. The molecule has 0 radical (unpaired) electrons. The summed E-state index contributed by atoms with van der Waals surface area (Å²) in [6.45, 7) is 1.75. The smallest absolute Gasteiger partial charge is 0.306 e. The van der Waals surface area contributed by atoms with E-state index in [4.69, 9.17) is 16.7 Å². The summed E-state index contributed by atoms with van der Waals surface area (Å²) in [6, 6.07) is 1.21. The van der Waals surface area contributed by atoms with Gasteiger partial charge in [-0.2, -0.15) is 0 Å². The Balaban J connectivity index is 2.10. The fourth-order valence-corrected chi connectivity index (χ4v) is 5.37. The molecule has 2 unspecified atom stereocenters. The van der Waals surface area contributed by atoms with Gasteiger partial charge in [0.1, 0.15) is 4.21 Å². The molecule has 1 fully saturated rings. The molecule has 1 aromatic rings. The van der Waals surface area contributed by atoms with Gasteiger partial charge in [-0.25, -0.2) is 13.1 Å². The normalized spacial score (nSPS) is 23.7. The van der Waals surface area contributed by atoms with Gasteiger partial charge in [-0.15, -0.1) is 11.3 Å². The Morgan fingerprint density at radius 2 is 2.20 bits per heavy atom. The maximum absolute atomic E-state index is 12.2. The van der Waals surface area contributed by atoms with Crippen LogP contribution >= 0.6 is 22.9 Å². The molecule has 0 aromatic carbocycles. The van der Waals surface area contributed by atoms with Crippen molar-refractivity contribution in [1.82, 2.24) is 4.72 Å². The molecule has 0 spiro atoms. The second kappa shape index (κ2) is 6.01. The molecule has 1 saturated carbocycles.